The molecule has 4 heteroatoms. The van der Waals surface area contributed by atoms with Crippen LogP contribution in [0.25, 0.3) is 0 Å². The van der Waals surface area contributed by atoms with E-state index < -0.39 is 6.04 Å². The molecule has 1 atom stereocenters. The number of hydrogen-bond donors (Lipinski definition) is 1. The normalized spacial score (nSPS) is 11.9. The van der Waals surface area contributed by atoms with Crippen molar-refractivity contribution in [2.45, 2.75) is 19.4 Å². The number of hydrogen-bond acceptors (Lipinski definition) is 3. The minimum absolute atomic E-state index is 0.0299. The number of nitrogens with two attached hydrogens (primary N) is 1. The van der Waals surface area contributed by atoms with Crippen molar-refractivity contribution in [2.24, 2.45) is 5.73 Å². The third kappa shape index (κ3) is 4.13. The van der Waals surface area contributed by atoms with Gasteiger partial charge in [0, 0.05) is 25.5 Å². The van der Waals surface area contributed by atoms with Gasteiger partial charge in [0.1, 0.15) is 6.04 Å². The van der Waals surface area contributed by atoms with Crippen LogP contribution in [0, 0.1) is 0 Å². The topological polar surface area (TPSA) is 59.2 Å². The summed E-state index contributed by atoms with van der Waals surface area (Å²) in [5.74, 6) is -0.0299. The largest absolute Gasteiger partial charge is 0.341 e. The smallest absolute Gasteiger partial charge is 0.244 e. The molecular weight excluding hydrogens is 262 g/mol. The van der Waals surface area contributed by atoms with Gasteiger partial charge >= 0.3 is 0 Å². The average Bonchev–Trinajstić information content (AvgIpc) is 2.56. The molecule has 0 bridgehead atoms. The highest BCUT2D eigenvalue weighted by atomic mass is 16.2. The zero-order valence-corrected chi connectivity index (χ0v) is 12.3. The summed E-state index contributed by atoms with van der Waals surface area (Å²) in [6.45, 7) is 3.30. The quantitative estimate of drug-likeness (QED) is 0.884. The van der Waals surface area contributed by atoms with Crippen molar-refractivity contribution in [3.8, 4) is 0 Å². The first-order valence-electron chi connectivity index (χ1n) is 7.20. The second kappa shape index (κ2) is 7.55. The van der Waals surface area contributed by atoms with E-state index in [1.807, 2.05) is 49.4 Å². The summed E-state index contributed by atoms with van der Waals surface area (Å²) >= 11 is 0. The Labute approximate surface area is 125 Å². The number of aromatic nitrogens is 1. The molecule has 110 valence electrons. The summed E-state index contributed by atoms with van der Waals surface area (Å²) in [5, 5.41) is 0. The molecule has 1 amide bonds. The van der Waals surface area contributed by atoms with Crippen molar-refractivity contribution in [2.75, 3.05) is 13.1 Å². The van der Waals surface area contributed by atoms with E-state index in [4.69, 9.17) is 5.73 Å². The SMILES string of the molecule is CCN(CCc1ccncc1)C(=O)[C@@H](N)c1ccccc1. The van der Waals surface area contributed by atoms with Crippen LogP contribution in [-0.2, 0) is 11.2 Å². The Kier molecular flexibility index (Phi) is 5.46. The summed E-state index contributed by atoms with van der Waals surface area (Å²) in [6, 6.07) is 12.8. The van der Waals surface area contributed by atoms with Gasteiger partial charge in [-0.05, 0) is 36.6 Å². The third-order valence-corrected chi connectivity index (χ3v) is 3.54. The van der Waals surface area contributed by atoms with Crippen LogP contribution < -0.4 is 5.73 Å². The Morgan fingerprint density at radius 3 is 2.48 bits per heavy atom. The molecule has 1 aromatic carbocycles. The van der Waals surface area contributed by atoms with Gasteiger partial charge in [0.2, 0.25) is 5.91 Å². The van der Waals surface area contributed by atoms with Gasteiger partial charge in [0.25, 0.3) is 0 Å². The second-order valence-electron chi connectivity index (χ2n) is 4.91. The predicted molar refractivity (Wildman–Crippen MR) is 83.6 cm³/mol. The average molecular weight is 283 g/mol. The lowest BCUT2D eigenvalue weighted by Gasteiger charge is -2.24. The fourth-order valence-electron chi connectivity index (χ4n) is 2.24. The van der Waals surface area contributed by atoms with E-state index in [9.17, 15) is 4.79 Å². The summed E-state index contributed by atoms with van der Waals surface area (Å²) < 4.78 is 0. The van der Waals surface area contributed by atoms with Gasteiger partial charge in [0.15, 0.2) is 0 Å². The van der Waals surface area contributed by atoms with E-state index in [-0.39, 0.29) is 5.91 Å². The molecule has 0 aliphatic rings. The molecule has 4 nitrogen and oxygen atoms in total. The lowest BCUT2D eigenvalue weighted by Crippen LogP contribution is -2.39. The number of amides is 1. The van der Waals surface area contributed by atoms with Crippen LogP contribution in [0.2, 0.25) is 0 Å². The molecule has 0 saturated carbocycles. The number of benzene rings is 1. The van der Waals surface area contributed by atoms with Gasteiger partial charge in [-0.1, -0.05) is 30.3 Å². The Bertz CT molecular complexity index is 557. The third-order valence-electron chi connectivity index (χ3n) is 3.54. The Hall–Kier alpha value is -2.20. The van der Waals surface area contributed by atoms with Gasteiger partial charge in [-0.15, -0.1) is 0 Å². The van der Waals surface area contributed by atoms with E-state index >= 15 is 0 Å². The number of likely N-dealkylation sites (N-methyl/N-ethyl adjacent to an activating group) is 1. The number of rotatable bonds is 6. The molecule has 0 aliphatic heterocycles. The van der Waals surface area contributed by atoms with E-state index in [0.717, 1.165) is 12.0 Å². The highest BCUT2D eigenvalue weighted by molar-refractivity contribution is 5.83. The molecule has 0 fully saturated rings. The molecule has 2 N–H and O–H groups in total. The predicted octanol–water partition coefficient (Wildman–Crippen LogP) is 2.17. The number of pyridine rings is 1. The number of carbonyl (C=O) groups excluding carboxylic acids is 1. The van der Waals surface area contributed by atoms with Crippen LogP contribution in [0.15, 0.2) is 54.9 Å². The molecule has 0 unspecified atom stereocenters. The van der Waals surface area contributed by atoms with Gasteiger partial charge < -0.3 is 10.6 Å². The minimum atomic E-state index is -0.594. The van der Waals surface area contributed by atoms with Crippen LogP contribution in [-0.4, -0.2) is 28.9 Å². The molecule has 1 heterocycles. The Balaban J connectivity index is 1.98. The molecule has 2 aromatic rings. The van der Waals surface area contributed by atoms with Crippen molar-refractivity contribution in [1.29, 1.82) is 0 Å². The maximum atomic E-state index is 12.5. The number of carbonyl (C=O) groups is 1. The zero-order chi connectivity index (χ0) is 15.1. The van der Waals surface area contributed by atoms with E-state index in [2.05, 4.69) is 4.98 Å². The zero-order valence-electron chi connectivity index (χ0n) is 12.3. The van der Waals surface area contributed by atoms with Gasteiger partial charge in [-0.3, -0.25) is 9.78 Å². The standard InChI is InChI=1S/C17H21N3O/c1-2-20(13-10-14-8-11-19-12-9-14)17(21)16(18)15-6-4-3-5-7-15/h3-9,11-12,16H,2,10,13,18H2,1H3/t16-/m0/s1. The molecule has 2 rings (SSSR count). The summed E-state index contributed by atoms with van der Waals surface area (Å²) in [6.07, 6.45) is 4.34. The molecule has 0 aliphatic carbocycles. The van der Waals surface area contributed by atoms with Gasteiger partial charge in [0.05, 0.1) is 0 Å². The maximum absolute atomic E-state index is 12.5. The summed E-state index contributed by atoms with van der Waals surface area (Å²) in [5.41, 5.74) is 8.11. The van der Waals surface area contributed by atoms with Crippen molar-refractivity contribution in [3.05, 3.63) is 66.0 Å². The van der Waals surface area contributed by atoms with Gasteiger partial charge in [-0.2, -0.15) is 0 Å². The fraction of sp³-hybridized carbons (Fsp3) is 0.294. The van der Waals surface area contributed by atoms with Crippen LogP contribution in [0.4, 0.5) is 0 Å². The summed E-state index contributed by atoms with van der Waals surface area (Å²) in [7, 11) is 0. The first kappa shape index (κ1) is 15.2. The van der Waals surface area contributed by atoms with Crippen LogP contribution in [0.5, 0.6) is 0 Å². The fourth-order valence-corrected chi connectivity index (χ4v) is 2.24. The maximum Gasteiger partial charge on any atom is 0.244 e. The first-order chi connectivity index (χ1) is 10.2. The Morgan fingerprint density at radius 1 is 1.19 bits per heavy atom. The highest BCUT2D eigenvalue weighted by Gasteiger charge is 2.20. The number of nitrogens with zero attached hydrogens (tertiary/aromatic N) is 2. The molecule has 0 radical (unpaired) electrons. The van der Waals surface area contributed by atoms with Crippen molar-refractivity contribution < 1.29 is 4.79 Å². The lowest BCUT2D eigenvalue weighted by atomic mass is 10.1. The van der Waals surface area contributed by atoms with Crippen molar-refractivity contribution in [1.82, 2.24) is 9.88 Å². The summed E-state index contributed by atoms with van der Waals surface area (Å²) in [4.78, 5) is 18.3. The molecule has 1 aromatic heterocycles. The minimum Gasteiger partial charge on any atom is -0.341 e. The van der Waals surface area contributed by atoms with E-state index in [1.54, 1.807) is 17.3 Å². The van der Waals surface area contributed by atoms with Crippen LogP contribution >= 0.6 is 0 Å². The van der Waals surface area contributed by atoms with E-state index in [0.29, 0.717) is 13.1 Å². The van der Waals surface area contributed by atoms with Crippen LogP contribution in [0.3, 0.4) is 0 Å². The molecule has 0 spiro atoms. The van der Waals surface area contributed by atoms with Crippen molar-refractivity contribution in [3.63, 3.8) is 0 Å². The highest BCUT2D eigenvalue weighted by Crippen LogP contribution is 2.13. The Morgan fingerprint density at radius 2 is 1.86 bits per heavy atom. The second-order valence-corrected chi connectivity index (χ2v) is 4.91. The lowest BCUT2D eigenvalue weighted by molar-refractivity contribution is -0.132. The molecule has 0 saturated heterocycles. The molecular formula is C17H21N3O. The monoisotopic (exact) mass is 283 g/mol. The first-order valence-corrected chi connectivity index (χ1v) is 7.20. The van der Waals surface area contributed by atoms with Gasteiger partial charge in [-0.25, -0.2) is 0 Å². The van der Waals surface area contributed by atoms with Crippen LogP contribution in [0.1, 0.15) is 24.1 Å². The van der Waals surface area contributed by atoms with E-state index in [1.165, 1.54) is 5.56 Å². The van der Waals surface area contributed by atoms with Crippen molar-refractivity contribution >= 4 is 5.91 Å². The molecule has 21 heavy (non-hydrogen) atoms.